The molecule has 240 valence electrons. The predicted molar refractivity (Wildman–Crippen MR) is 159 cm³/mol. The van der Waals surface area contributed by atoms with Gasteiger partial charge in [0, 0.05) is 45.5 Å². The summed E-state index contributed by atoms with van der Waals surface area (Å²) < 4.78 is 0. The van der Waals surface area contributed by atoms with E-state index in [1.165, 1.54) is 0 Å². The first kappa shape index (κ1) is 49.5. The Labute approximate surface area is 271 Å². The van der Waals surface area contributed by atoms with Crippen molar-refractivity contribution in [2.75, 3.05) is 0 Å². The van der Waals surface area contributed by atoms with Crippen LogP contribution in [0, 0.1) is 21.7 Å². The molecule has 0 aromatic rings. The minimum absolute atomic E-state index is 0. The average molecular weight is 780 g/mol. The zero-order valence-corrected chi connectivity index (χ0v) is 32.1. The van der Waals surface area contributed by atoms with Gasteiger partial charge in [-0.05, 0) is 25.7 Å². The molecule has 0 saturated carbocycles. The second kappa shape index (κ2) is 25.3. The molecule has 0 fully saturated rings. The molecule has 0 aliphatic heterocycles. The van der Waals surface area contributed by atoms with Crippen LogP contribution in [0.25, 0.3) is 0 Å². The summed E-state index contributed by atoms with van der Waals surface area (Å²) in [7, 11) is 0. The maximum absolute atomic E-state index is 10.4. The molecule has 0 saturated heterocycles. The third kappa shape index (κ3) is 28.7. The van der Waals surface area contributed by atoms with E-state index in [2.05, 4.69) is 0 Å². The topological polar surface area (TPSA) is 161 Å². The standard InChI is InChI=1S/4C8H16O2.Pb/c4*1-4-5-6-8(2,3)7(9)10;/h4*4-6H2,1-3H3,(H,9,10);/q;;;;+4/p-4. The van der Waals surface area contributed by atoms with E-state index < -0.39 is 45.5 Å². The molecule has 0 aromatic heterocycles. The zero-order chi connectivity index (χ0) is 32.8. The first-order valence-corrected chi connectivity index (χ1v) is 14.9. The third-order valence-electron chi connectivity index (χ3n) is 6.83. The van der Waals surface area contributed by atoms with E-state index in [0.29, 0.717) is 25.7 Å². The Balaban J connectivity index is -0.000000139. The van der Waals surface area contributed by atoms with Crippen LogP contribution in [-0.2, 0) is 19.2 Å². The molecule has 8 nitrogen and oxygen atoms in total. The number of carbonyl (C=O) groups excluding carboxylic acids is 4. The van der Waals surface area contributed by atoms with Gasteiger partial charge in [0.2, 0.25) is 0 Å². The Hall–Kier alpha value is -1.20. The fourth-order valence-electron chi connectivity index (χ4n) is 2.88. The zero-order valence-electron chi connectivity index (χ0n) is 28.3. The van der Waals surface area contributed by atoms with Crippen LogP contribution in [0.15, 0.2) is 0 Å². The summed E-state index contributed by atoms with van der Waals surface area (Å²) >= 11 is 0. The van der Waals surface area contributed by atoms with E-state index in [-0.39, 0.29) is 27.3 Å². The molecule has 0 heterocycles. The predicted octanol–water partition coefficient (Wildman–Crippen LogP) is 3.43. The van der Waals surface area contributed by atoms with Gasteiger partial charge in [-0.25, -0.2) is 0 Å². The fraction of sp³-hybridized carbons (Fsp3) is 0.875. The molecular weight excluding hydrogens is 720 g/mol. The van der Waals surface area contributed by atoms with E-state index in [9.17, 15) is 39.6 Å². The third-order valence-corrected chi connectivity index (χ3v) is 6.83. The molecule has 0 rings (SSSR count). The smallest absolute Gasteiger partial charge is 0.550 e. The molecule has 41 heavy (non-hydrogen) atoms. The van der Waals surface area contributed by atoms with Gasteiger partial charge in [0.25, 0.3) is 0 Å². The quantitative estimate of drug-likeness (QED) is 0.216. The average Bonchev–Trinajstić information content (AvgIpc) is 2.84. The van der Waals surface area contributed by atoms with Crippen LogP contribution in [0.1, 0.15) is 160 Å². The van der Waals surface area contributed by atoms with Gasteiger partial charge in [-0.2, -0.15) is 0 Å². The van der Waals surface area contributed by atoms with Gasteiger partial charge in [-0.1, -0.05) is 134 Å². The van der Waals surface area contributed by atoms with Crippen molar-refractivity contribution in [3.63, 3.8) is 0 Å². The summed E-state index contributed by atoms with van der Waals surface area (Å²) in [6.07, 6.45) is 10.8. The molecule has 0 spiro atoms. The van der Waals surface area contributed by atoms with Crippen molar-refractivity contribution < 1.29 is 39.6 Å². The van der Waals surface area contributed by atoms with Gasteiger partial charge >= 0.3 is 27.3 Å². The van der Waals surface area contributed by atoms with Gasteiger partial charge in [-0.15, -0.1) is 0 Å². The summed E-state index contributed by atoms with van der Waals surface area (Å²) in [5, 5.41) is 41.7. The van der Waals surface area contributed by atoms with Crippen LogP contribution in [0.3, 0.4) is 0 Å². The van der Waals surface area contributed by atoms with E-state index in [0.717, 1.165) is 51.4 Å². The molecular formula is C32H60O8Pb. The molecule has 0 bridgehead atoms. The van der Waals surface area contributed by atoms with Crippen molar-refractivity contribution in [3.8, 4) is 0 Å². The SMILES string of the molecule is CCCCC(C)(C)C(=O)[O-].CCCCC(C)(C)C(=O)[O-].CCCCC(C)(C)C(=O)[O-].CCCCC(C)(C)C(=O)[O-].[Pb+4]. The second-order valence-corrected chi connectivity index (χ2v) is 13.1. The number of aliphatic carboxylic acids is 4. The van der Waals surface area contributed by atoms with Crippen LogP contribution in [0.2, 0.25) is 0 Å². The summed E-state index contributed by atoms with van der Waals surface area (Å²) in [4.78, 5) is 41.7. The number of hydrogen-bond donors (Lipinski definition) is 0. The Morgan fingerprint density at radius 1 is 0.390 bits per heavy atom. The first-order valence-electron chi connectivity index (χ1n) is 14.9. The Morgan fingerprint density at radius 2 is 0.512 bits per heavy atom. The molecule has 0 radical (unpaired) electrons. The maximum atomic E-state index is 10.4. The van der Waals surface area contributed by atoms with Gasteiger partial charge in [0.1, 0.15) is 0 Å². The Bertz CT molecular complexity index is 592. The summed E-state index contributed by atoms with van der Waals surface area (Å²) in [5.41, 5.74) is -2.57. The number of carboxylic acids is 4. The van der Waals surface area contributed by atoms with Gasteiger partial charge < -0.3 is 39.6 Å². The summed E-state index contributed by atoms with van der Waals surface area (Å²) in [6, 6.07) is 0. The van der Waals surface area contributed by atoms with Gasteiger partial charge in [0.15, 0.2) is 0 Å². The minimum atomic E-state index is -0.944. The molecule has 0 aromatic carbocycles. The van der Waals surface area contributed by atoms with Crippen molar-refractivity contribution in [2.24, 2.45) is 21.7 Å². The van der Waals surface area contributed by atoms with Crippen molar-refractivity contribution in [1.82, 2.24) is 0 Å². The molecule has 0 amide bonds. The van der Waals surface area contributed by atoms with Crippen molar-refractivity contribution >= 4 is 51.2 Å². The molecule has 0 N–H and O–H groups in total. The number of hydrogen-bond acceptors (Lipinski definition) is 8. The van der Waals surface area contributed by atoms with E-state index in [4.69, 9.17) is 0 Å². The minimum Gasteiger partial charge on any atom is -0.550 e. The Kier molecular flexibility index (Phi) is 30.5. The number of carbonyl (C=O) groups is 4. The molecule has 0 aliphatic rings. The normalized spacial score (nSPS) is 11.2. The van der Waals surface area contributed by atoms with Crippen LogP contribution in [-0.4, -0.2) is 51.2 Å². The van der Waals surface area contributed by atoms with Crippen molar-refractivity contribution in [1.29, 1.82) is 0 Å². The number of unbranched alkanes of at least 4 members (excludes halogenated alkanes) is 4. The summed E-state index contributed by atoms with van der Waals surface area (Å²) in [5.74, 6) is -3.77. The van der Waals surface area contributed by atoms with E-state index >= 15 is 0 Å². The largest absolute Gasteiger partial charge is 4.00 e. The van der Waals surface area contributed by atoms with Gasteiger partial charge in [0.05, 0.1) is 0 Å². The number of carboxylic acid groups (broad SMARTS) is 4. The van der Waals surface area contributed by atoms with Crippen LogP contribution in [0.5, 0.6) is 0 Å². The Morgan fingerprint density at radius 3 is 0.585 bits per heavy atom. The van der Waals surface area contributed by atoms with Crippen LogP contribution < -0.4 is 20.4 Å². The first-order chi connectivity index (χ1) is 18.0. The maximum Gasteiger partial charge on any atom is 4.00 e. The molecule has 9 heteroatoms. The molecule has 0 unspecified atom stereocenters. The van der Waals surface area contributed by atoms with E-state index in [1.807, 2.05) is 27.7 Å². The number of rotatable bonds is 16. The van der Waals surface area contributed by atoms with Gasteiger partial charge in [-0.3, -0.25) is 0 Å². The molecule has 0 aliphatic carbocycles. The van der Waals surface area contributed by atoms with Crippen molar-refractivity contribution in [3.05, 3.63) is 0 Å². The summed E-state index contributed by atoms with van der Waals surface area (Å²) in [6.45, 7) is 21.8. The second-order valence-electron chi connectivity index (χ2n) is 13.1. The van der Waals surface area contributed by atoms with Crippen LogP contribution in [0.4, 0.5) is 0 Å². The molecule has 0 atom stereocenters. The van der Waals surface area contributed by atoms with Crippen molar-refractivity contribution in [2.45, 2.75) is 160 Å². The van der Waals surface area contributed by atoms with Crippen LogP contribution >= 0.6 is 0 Å². The monoisotopic (exact) mass is 780 g/mol. The van der Waals surface area contributed by atoms with E-state index in [1.54, 1.807) is 55.4 Å². The fourth-order valence-corrected chi connectivity index (χ4v) is 2.88.